The van der Waals surface area contributed by atoms with Crippen LogP contribution in [0, 0.1) is 17.8 Å². The molecule has 0 aromatic heterocycles. The number of fused-ring (bicyclic) bond motifs is 1. The molecule has 0 N–H and O–H groups in total. The van der Waals surface area contributed by atoms with Gasteiger partial charge in [0.1, 0.15) is 17.3 Å². The van der Waals surface area contributed by atoms with Crippen molar-refractivity contribution in [3.8, 4) is 39.3 Å². The van der Waals surface area contributed by atoms with E-state index in [1.807, 2.05) is 0 Å². The highest BCUT2D eigenvalue weighted by atomic mass is 16.5. The zero-order valence-electron chi connectivity index (χ0n) is 19.9. The lowest BCUT2D eigenvalue weighted by Crippen LogP contribution is -2.48. The minimum atomic E-state index is 0.187. The van der Waals surface area contributed by atoms with E-state index in [-0.39, 0.29) is 5.41 Å². The Kier molecular flexibility index (Phi) is 4.65. The van der Waals surface area contributed by atoms with E-state index in [1.165, 1.54) is 66.5 Å². The number of hydrogen-bond acceptors (Lipinski definition) is 2. The highest BCUT2D eigenvalue weighted by Crippen LogP contribution is 2.62. The predicted molar refractivity (Wildman–Crippen MR) is 137 cm³/mol. The summed E-state index contributed by atoms with van der Waals surface area (Å²) in [4.78, 5) is 0. The van der Waals surface area contributed by atoms with E-state index in [4.69, 9.17) is 9.15 Å². The van der Waals surface area contributed by atoms with Gasteiger partial charge in [0.2, 0.25) is 0 Å². The van der Waals surface area contributed by atoms with Crippen LogP contribution in [0.5, 0.6) is 5.75 Å². The van der Waals surface area contributed by atoms with E-state index in [0.29, 0.717) is 6.61 Å². The van der Waals surface area contributed by atoms with Gasteiger partial charge < -0.3 is 9.15 Å². The standard InChI is InChI=1S/C32H32O2/c1-2-33-28-17-29(32-18-21-13-22(19-32)15-23(14-21)20-32)34-31-27(25-11-7-4-8-12-25)16-26(30(28)31)24-9-5-3-6-10-24/h3-12,16-17,21-23H,2,13-15,18-20H2,1H3. The molecule has 2 aromatic carbocycles. The number of hydrogen-bond donors (Lipinski definition) is 0. The molecule has 1 heterocycles. The molecule has 34 heavy (non-hydrogen) atoms. The van der Waals surface area contributed by atoms with Crippen molar-refractivity contribution < 1.29 is 9.15 Å². The largest absolute Gasteiger partial charge is 0.493 e. The summed E-state index contributed by atoms with van der Waals surface area (Å²) in [7, 11) is 0. The van der Waals surface area contributed by atoms with Crippen molar-refractivity contribution in [2.75, 3.05) is 6.61 Å². The van der Waals surface area contributed by atoms with Crippen LogP contribution in [0.1, 0.15) is 51.2 Å². The molecule has 0 spiro atoms. The third-order valence-electron chi connectivity index (χ3n) is 8.78. The van der Waals surface area contributed by atoms with Gasteiger partial charge in [-0.3, -0.25) is 0 Å². The van der Waals surface area contributed by atoms with Gasteiger partial charge in [-0.2, -0.15) is 0 Å². The molecule has 4 bridgehead atoms. The fourth-order valence-corrected chi connectivity index (χ4v) is 7.84. The zero-order valence-corrected chi connectivity index (χ0v) is 19.9. The Bertz CT molecular complexity index is 1250. The van der Waals surface area contributed by atoms with Gasteiger partial charge >= 0.3 is 0 Å². The normalized spacial score (nSPS) is 27.4. The maximum absolute atomic E-state index is 7.04. The fourth-order valence-electron chi connectivity index (χ4n) is 7.84. The van der Waals surface area contributed by atoms with E-state index in [0.717, 1.165) is 34.8 Å². The number of ether oxygens (including phenoxy) is 1. The molecule has 6 aliphatic rings. The molecular formula is C32H32O2. The monoisotopic (exact) mass is 448 g/mol. The van der Waals surface area contributed by atoms with Gasteiger partial charge in [0.25, 0.3) is 0 Å². The van der Waals surface area contributed by atoms with Gasteiger partial charge in [-0.15, -0.1) is 0 Å². The Hall–Kier alpha value is -3.00. The molecule has 2 nitrogen and oxygen atoms in total. The molecule has 0 saturated heterocycles. The second-order valence-electron chi connectivity index (χ2n) is 11.0. The lowest BCUT2D eigenvalue weighted by atomic mass is 9.49. The molecule has 172 valence electrons. The maximum atomic E-state index is 7.04. The highest BCUT2D eigenvalue weighted by Gasteiger charge is 2.53. The maximum Gasteiger partial charge on any atom is 0.146 e. The molecule has 5 aliphatic carbocycles. The summed E-state index contributed by atoms with van der Waals surface area (Å²) in [6.07, 6.45) is 8.16. The van der Waals surface area contributed by atoms with Crippen LogP contribution in [0.3, 0.4) is 0 Å². The Morgan fingerprint density at radius 1 is 0.765 bits per heavy atom. The summed E-state index contributed by atoms with van der Waals surface area (Å²) in [6, 6.07) is 25.9. The topological polar surface area (TPSA) is 22.4 Å². The van der Waals surface area contributed by atoms with Crippen molar-refractivity contribution >= 4 is 0 Å². The van der Waals surface area contributed by atoms with Gasteiger partial charge in [-0.1, -0.05) is 60.7 Å². The van der Waals surface area contributed by atoms with Crippen LogP contribution in [-0.4, -0.2) is 6.61 Å². The average Bonchev–Trinajstić information content (AvgIpc) is 3.25. The molecule has 0 radical (unpaired) electrons. The van der Waals surface area contributed by atoms with Crippen LogP contribution < -0.4 is 4.74 Å². The molecule has 2 aromatic rings. The summed E-state index contributed by atoms with van der Waals surface area (Å²) in [5, 5.41) is 0. The number of benzene rings is 2. The molecule has 1 aliphatic heterocycles. The van der Waals surface area contributed by atoms with Gasteiger partial charge in [0, 0.05) is 17.0 Å². The van der Waals surface area contributed by atoms with E-state index in [9.17, 15) is 0 Å². The molecule has 0 atom stereocenters. The minimum absolute atomic E-state index is 0.187. The highest BCUT2D eigenvalue weighted by molar-refractivity contribution is 5.98. The van der Waals surface area contributed by atoms with Crippen molar-refractivity contribution in [2.45, 2.75) is 50.9 Å². The Morgan fingerprint density at radius 3 is 1.88 bits per heavy atom. The first-order valence-electron chi connectivity index (χ1n) is 13.1. The van der Waals surface area contributed by atoms with Crippen molar-refractivity contribution in [3.05, 3.63) is 78.6 Å². The minimum Gasteiger partial charge on any atom is -0.493 e. The third kappa shape index (κ3) is 3.15. The van der Waals surface area contributed by atoms with Crippen LogP contribution in [0.2, 0.25) is 0 Å². The SMILES string of the molecule is CCOc1cc(C23CC4CC(CC(C4)C2)C3)oc2c(-c3ccccc3)cc(-c3ccccc3)c1-2. The molecule has 8 rings (SSSR count). The van der Waals surface area contributed by atoms with Gasteiger partial charge in [0.15, 0.2) is 0 Å². The average molecular weight is 449 g/mol. The van der Waals surface area contributed by atoms with E-state index < -0.39 is 0 Å². The van der Waals surface area contributed by atoms with Crippen molar-refractivity contribution in [1.29, 1.82) is 0 Å². The first kappa shape index (κ1) is 20.4. The number of rotatable bonds is 5. The summed E-state index contributed by atoms with van der Waals surface area (Å²) < 4.78 is 13.4. The van der Waals surface area contributed by atoms with Gasteiger partial charge in [-0.25, -0.2) is 0 Å². The first-order valence-corrected chi connectivity index (χ1v) is 13.1. The molecular weight excluding hydrogens is 416 g/mol. The Labute approximate surface area is 202 Å². The van der Waals surface area contributed by atoms with E-state index in [1.54, 1.807) is 0 Å². The summed E-state index contributed by atoms with van der Waals surface area (Å²) in [5.74, 6) is 5.77. The molecule has 4 fully saturated rings. The van der Waals surface area contributed by atoms with Gasteiger partial charge in [0.05, 0.1) is 12.2 Å². The molecule has 0 unspecified atom stereocenters. The Morgan fingerprint density at radius 2 is 1.32 bits per heavy atom. The van der Waals surface area contributed by atoms with E-state index in [2.05, 4.69) is 79.7 Å². The zero-order chi connectivity index (χ0) is 22.7. The molecule has 0 amide bonds. The van der Waals surface area contributed by atoms with E-state index >= 15 is 0 Å². The van der Waals surface area contributed by atoms with Crippen molar-refractivity contribution in [1.82, 2.24) is 0 Å². The lowest BCUT2D eigenvalue weighted by molar-refractivity contribution is -0.0157. The van der Waals surface area contributed by atoms with Crippen LogP contribution in [0.25, 0.3) is 33.6 Å². The van der Waals surface area contributed by atoms with Crippen molar-refractivity contribution in [2.24, 2.45) is 17.8 Å². The van der Waals surface area contributed by atoms with Crippen LogP contribution in [0.4, 0.5) is 0 Å². The van der Waals surface area contributed by atoms with Gasteiger partial charge in [-0.05, 0) is 86.0 Å². The first-order chi connectivity index (χ1) is 16.7. The lowest BCUT2D eigenvalue weighted by Gasteiger charge is -2.56. The van der Waals surface area contributed by atoms with Crippen LogP contribution >= 0.6 is 0 Å². The third-order valence-corrected chi connectivity index (χ3v) is 8.78. The quantitative estimate of drug-likeness (QED) is 0.305. The molecule has 2 heteroatoms. The Balaban J connectivity index is 1.48. The van der Waals surface area contributed by atoms with Crippen LogP contribution in [-0.2, 0) is 5.41 Å². The predicted octanol–water partition coefficient (Wildman–Crippen LogP) is 8.58. The second kappa shape index (κ2) is 7.77. The summed E-state index contributed by atoms with van der Waals surface area (Å²) in [6.45, 7) is 2.74. The smallest absolute Gasteiger partial charge is 0.146 e. The molecule has 4 saturated carbocycles. The van der Waals surface area contributed by atoms with Crippen LogP contribution in [0.15, 0.2) is 77.2 Å². The summed E-state index contributed by atoms with van der Waals surface area (Å²) >= 11 is 0. The summed E-state index contributed by atoms with van der Waals surface area (Å²) in [5.41, 5.74) is 6.06. The van der Waals surface area contributed by atoms with Crippen molar-refractivity contribution in [3.63, 3.8) is 0 Å². The second-order valence-corrected chi connectivity index (χ2v) is 11.0. The fraction of sp³-hybridized carbons (Fsp3) is 0.375.